The van der Waals surface area contributed by atoms with E-state index in [2.05, 4.69) is 24.3 Å². The van der Waals surface area contributed by atoms with Crippen LogP contribution in [0.3, 0.4) is 0 Å². The molecule has 1 heterocycles. The third kappa shape index (κ3) is 7.24. The quantitative estimate of drug-likeness (QED) is 0.140. The van der Waals surface area contributed by atoms with Gasteiger partial charge in [-0.15, -0.1) is 0 Å². The Bertz CT molecular complexity index is 3250. The number of hydrogen-bond donors (Lipinski definition) is 0. The Morgan fingerprint density at radius 2 is 0.921 bits per heavy atom. The first-order valence-corrected chi connectivity index (χ1v) is 19.9. The van der Waals surface area contributed by atoms with Gasteiger partial charge in [-0.2, -0.15) is 21.0 Å². The number of aromatic nitrogens is 1. The summed E-state index contributed by atoms with van der Waals surface area (Å²) in [5, 5.41) is 41.0. The molecule has 0 atom stereocenters. The van der Waals surface area contributed by atoms with Crippen LogP contribution < -0.4 is 4.90 Å². The average molecular weight is 809 g/mol. The first-order chi connectivity index (χ1) is 30.8. The van der Waals surface area contributed by atoms with E-state index in [1.54, 1.807) is 36.4 Å². The first-order valence-electron chi connectivity index (χ1n) is 19.9. The van der Waals surface area contributed by atoms with Gasteiger partial charge in [-0.3, -0.25) is 9.59 Å². The van der Waals surface area contributed by atoms with Gasteiger partial charge >= 0.3 is 0 Å². The van der Waals surface area contributed by atoms with Crippen molar-refractivity contribution in [2.45, 2.75) is 6.92 Å². The van der Waals surface area contributed by atoms with Crippen molar-refractivity contribution in [3.05, 3.63) is 203 Å². The molecule has 0 bridgehead atoms. The zero-order valence-corrected chi connectivity index (χ0v) is 33.7. The van der Waals surface area contributed by atoms with Crippen molar-refractivity contribution in [2.24, 2.45) is 0 Å². The molecule has 0 aliphatic heterocycles. The lowest BCUT2D eigenvalue weighted by molar-refractivity contribution is -0.106. The molecule has 0 aliphatic rings. The lowest BCUT2D eigenvalue weighted by Crippen LogP contribution is -2.31. The maximum Gasteiger partial charge on any atom is 0.267 e. The highest BCUT2D eigenvalue weighted by atomic mass is 16.2. The summed E-state index contributed by atoms with van der Waals surface area (Å²) in [6.45, 7) is 1.84. The van der Waals surface area contributed by atoms with Gasteiger partial charge in [0.15, 0.2) is 0 Å². The number of carbonyl (C=O) groups excluding carboxylic acids is 2. The predicted octanol–water partition coefficient (Wildman–Crippen LogP) is 12.1. The molecule has 8 heteroatoms. The molecule has 2 amide bonds. The van der Waals surface area contributed by atoms with Gasteiger partial charge < -0.3 is 4.57 Å². The van der Waals surface area contributed by atoms with Gasteiger partial charge in [0.25, 0.3) is 5.91 Å². The van der Waals surface area contributed by atoms with E-state index in [0.717, 1.165) is 60.1 Å². The van der Waals surface area contributed by atoms with Crippen molar-refractivity contribution in [1.29, 1.82) is 21.0 Å². The van der Waals surface area contributed by atoms with Crippen molar-refractivity contribution >= 4 is 39.8 Å². The second-order valence-electron chi connectivity index (χ2n) is 15.1. The zero-order chi connectivity index (χ0) is 43.6. The number of nitriles is 4. The molecule has 0 aliphatic carbocycles. The number of aryl methyl sites for hydroxylation is 1. The van der Waals surface area contributed by atoms with E-state index in [9.17, 15) is 25.8 Å². The van der Waals surface area contributed by atoms with E-state index in [1.807, 2.05) is 145 Å². The summed E-state index contributed by atoms with van der Waals surface area (Å²) < 4.78 is 2.00. The highest BCUT2D eigenvalue weighted by molar-refractivity contribution is 6.19. The Labute approximate surface area is 363 Å². The summed E-state index contributed by atoms with van der Waals surface area (Å²) in [7, 11) is 0. The maximum atomic E-state index is 15.3. The number of anilines is 1. The molecule has 0 radical (unpaired) electrons. The molecule has 0 saturated heterocycles. The minimum atomic E-state index is -0.537. The summed E-state index contributed by atoms with van der Waals surface area (Å²) in [6, 6.07) is 61.4. The zero-order valence-electron chi connectivity index (χ0n) is 33.7. The molecular formula is C55H32N6O2. The Kier molecular flexibility index (Phi) is 10.2. The molecule has 0 fully saturated rings. The number of rotatable bonds is 8. The second-order valence-corrected chi connectivity index (χ2v) is 15.1. The third-order valence-electron chi connectivity index (χ3n) is 11.3. The van der Waals surface area contributed by atoms with Crippen molar-refractivity contribution in [1.82, 2.24) is 4.57 Å². The SMILES string of the molecule is Cc1cccc(-n2c3cc(-c4cc(C#N)cc(C#N)c4)ccc3c3ccc(-c4cc(C#N)cc(C#N)c4)cc32)c1C(=O)N(C=O)c1cc(-c2ccccc2)cc(-c2ccccc2)c1. The van der Waals surface area contributed by atoms with E-state index < -0.39 is 5.91 Å². The Morgan fingerprint density at radius 1 is 0.476 bits per heavy atom. The normalized spacial score (nSPS) is 10.7. The molecule has 8 aromatic carbocycles. The van der Waals surface area contributed by atoms with Gasteiger partial charge in [0, 0.05) is 10.8 Å². The largest absolute Gasteiger partial charge is 0.308 e. The van der Waals surface area contributed by atoms with Gasteiger partial charge in [-0.05, 0) is 130 Å². The summed E-state index contributed by atoms with van der Waals surface area (Å²) >= 11 is 0. The van der Waals surface area contributed by atoms with Crippen molar-refractivity contribution < 1.29 is 9.59 Å². The highest BCUT2D eigenvalue weighted by Crippen LogP contribution is 2.40. The van der Waals surface area contributed by atoms with Crippen LogP contribution in [0.1, 0.15) is 38.2 Å². The monoisotopic (exact) mass is 808 g/mol. The average Bonchev–Trinajstić information content (AvgIpc) is 3.66. The van der Waals surface area contributed by atoms with E-state index in [1.165, 1.54) is 0 Å². The smallest absolute Gasteiger partial charge is 0.267 e. The molecule has 63 heavy (non-hydrogen) atoms. The van der Waals surface area contributed by atoms with Crippen LogP contribution in [0.5, 0.6) is 0 Å². The van der Waals surface area contributed by atoms with E-state index in [0.29, 0.717) is 62.3 Å². The van der Waals surface area contributed by atoms with Gasteiger partial charge in [-0.25, -0.2) is 4.90 Å². The van der Waals surface area contributed by atoms with Crippen molar-refractivity contribution in [3.63, 3.8) is 0 Å². The van der Waals surface area contributed by atoms with Gasteiger partial charge in [0.05, 0.1) is 74.5 Å². The van der Waals surface area contributed by atoms with E-state index >= 15 is 4.79 Å². The Balaban J connectivity index is 1.29. The van der Waals surface area contributed by atoms with Crippen LogP contribution in [0.4, 0.5) is 5.69 Å². The van der Waals surface area contributed by atoms with E-state index in [-0.39, 0.29) is 0 Å². The molecule has 1 aromatic heterocycles. The van der Waals surface area contributed by atoms with Gasteiger partial charge in [-0.1, -0.05) is 97.1 Å². The number of amides is 2. The molecule has 0 spiro atoms. The number of carbonyl (C=O) groups is 2. The van der Waals surface area contributed by atoms with Crippen LogP contribution in [0.15, 0.2) is 170 Å². The van der Waals surface area contributed by atoms with Crippen LogP contribution in [0, 0.1) is 52.2 Å². The van der Waals surface area contributed by atoms with Crippen molar-refractivity contribution in [2.75, 3.05) is 4.90 Å². The Morgan fingerprint density at radius 3 is 1.35 bits per heavy atom. The molecule has 8 nitrogen and oxygen atoms in total. The highest BCUT2D eigenvalue weighted by Gasteiger charge is 2.26. The Hall–Kier alpha value is -9.34. The fourth-order valence-electron chi connectivity index (χ4n) is 8.29. The summed E-state index contributed by atoms with van der Waals surface area (Å²) in [4.78, 5) is 29.8. The van der Waals surface area contributed by atoms with Gasteiger partial charge in [0.2, 0.25) is 6.41 Å². The van der Waals surface area contributed by atoms with E-state index in [4.69, 9.17) is 0 Å². The maximum absolute atomic E-state index is 15.3. The fourth-order valence-corrected chi connectivity index (χ4v) is 8.29. The molecule has 0 unspecified atom stereocenters. The van der Waals surface area contributed by atoms with Gasteiger partial charge in [0.1, 0.15) is 0 Å². The second kappa shape index (κ2) is 16.4. The van der Waals surface area contributed by atoms with Crippen LogP contribution >= 0.6 is 0 Å². The summed E-state index contributed by atoms with van der Waals surface area (Å²) in [6.07, 6.45) is 0.559. The molecule has 9 rings (SSSR count). The van der Waals surface area contributed by atoms with Crippen LogP contribution in [0.25, 0.3) is 72.0 Å². The topological polar surface area (TPSA) is 137 Å². The first kappa shape index (κ1) is 39.1. The summed E-state index contributed by atoms with van der Waals surface area (Å²) in [5.74, 6) is -0.537. The number of benzene rings is 8. The molecule has 9 aromatic rings. The number of nitrogens with zero attached hydrogens (tertiary/aromatic N) is 6. The summed E-state index contributed by atoms with van der Waals surface area (Å²) in [5.41, 5.74) is 11.0. The third-order valence-corrected chi connectivity index (χ3v) is 11.3. The van der Waals surface area contributed by atoms with Crippen LogP contribution in [0.2, 0.25) is 0 Å². The van der Waals surface area contributed by atoms with Crippen molar-refractivity contribution in [3.8, 4) is 74.5 Å². The lowest BCUT2D eigenvalue weighted by atomic mass is 9.97. The molecular weight excluding hydrogens is 777 g/mol. The predicted molar refractivity (Wildman–Crippen MR) is 245 cm³/mol. The molecule has 294 valence electrons. The van der Waals surface area contributed by atoms with Crippen LogP contribution in [-0.2, 0) is 4.79 Å². The minimum Gasteiger partial charge on any atom is -0.308 e. The molecule has 0 saturated carbocycles. The minimum absolute atomic E-state index is 0.294. The van der Waals surface area contributed by atoms with Crippen LogP contribution in [-0.4, -0.2) is 16.9 Å². The lowest BCUT2D eigenvalue weighted by Gasteiger charge is -2.22. The fraction of sp³-hybridized carbons (Fsp3) is 0.0182. The number of fused-ring (bicyclic) bond motifs is 3. The number of imide groups is 1. The number of hydrogen-bond acceptors (Lipinski definition) is 6. The molecule has 0 N–H and O–H groups in total. The standard InChI is InChI=1S/C55H32N6O2/c1-35-9-8-14-51(54(35)55(63)60(34-62)48-26-46(40-10-4-2-5-11-40)25-47(27-48)41-12-6-3-7-13-41)61-52-28-42(44-21-36(30-56)19-37(22-44)31-57)15-17-49(52)50-18-16-43(29-53(50)61)45-23-38(32-58)20-39(24-45)33-59/h2-29,34H,1H3.